The molecule has 0 amide bonds. The van der Waals surface area contributed by atoms with Crippen molar-refractivity contribution in [3.05, 3.63) is 29.3 Å². The van der Waals surface area contributed by atoms with Crippen LogP contribution in [0.3, 0.4) is 0 Å². The normalized spacial score (nSPS) is 12.5. The van der Waals surface area contributed by atoms with Crippen molar-refractivity contribution in [1.82, 2.24) is 0 Å². The number of carbonyl (C=O) groups is 1. The van der Waals surface area contributed by atoms with Crippen molar-refractivity contribution >= 4 is 5.97 Å². The zero-order valence-corrected chi connectivity index (χ0v) is 7.57. The number of carboxylic acid groups (broad SMARTS) is 1. The molecule has 0 bridgehead atoms. The van der Waals surface area contributed by atoms with Gasteiger partial charge in [0.05, 0.1) is 0 Å². The van der Waals surface area contributed by atoms with E-state index in [9.17, 15) is 15.0 Å². The lowest BCUT2D eigenvalue weighted by molar-refractivity contribution is -0.307. The summed E-state index contributed by atoms with van der Waals surface area (Å²) in [7, 11) is 0. The molecule has 0 spiro atoms. The van der Waals surface area contributed by atoms with Gasteiger partial charge < -0.3 is 15.0 Å². The van der Waals surface area contributed by atoms with Crippen LogP contribution in [0.1, 0.15) is 24.0 Å². The van der Waals surface area contributed by atoms with Gasteiger partial charge in [0.1, 0.15) is 5.75 Å². The number of aromatic hydroxyl groups is 1. The molecule has 0 aliphatic carbocycles. The molecule has 1 unspecified atom stereocenters. The maximum Gasteiger partial charge on any atom is 0.118 e. The number of carboxylic acids is 1. The minimum Gasteiger partial charge on any atom is -0.550 e. The summed E-state index contributed by atoms with van der Waals surface area (Å²) in [5.41, 5.74) is 1.32. The highest BCUT2D eigenvalue weighted by atomic mass is 16.4. The first-order valence-corrected chi connectivity index (χ1v) is 4.02. The topological polar surface area (TPSA) is 60.4 Å². The summed E-state index contributed by atoms with van der Waals surface area (Å²) in [5, 5.41) is 19.7. The second-order valence-corrected chi connectivity index (χ2v) is 3.09. The van der Waals surface area contributed by atoms with Crippen LogP contribution >= 0.6 is 0 Å². The molecule has 1 aromatic carbocycles. The average molecular weight is 179 g/mol. The molecule has 0 radical (unpaired) electrons. The van der Waals surface area contributed by atoms with Gasteiger partial charge in [-0.1, -0.05) is 19.1 Å². The number of hydrogen-bond donors (Lipinski definition) is 1. The molecule has 3 heteroatoms. The molecule has 1 N–H and O–H groups in total. The van der Waals surface area contributed by atoms with Crippen molar-refractivity contribution in [3.63, 3.8) is 0 Å². The van der Waals surface area contributed by atoms with Gasteiger partial charge in [0.15, 0.2) is 0 Å². The summed E-state index contributed by atoms with van der Waals surface area (Å²) < 4.78 is 0. The largest absolute Gasteiger partial charge is 0.550 e. The van der Waals surface area contributed by atoms with Crippen LogP contribution in [-0.2, 0) is 4.79 Å². The number of aryl methyl sites for hydroxylation is 1. The minimum absolute atomic E-state index is 0.175. The number of hydrogen-bond acceptors (Lipinski definition) is 3. The van der Waals surface area contributed by atoms with Crippen LogP contribution in [0.2, 0.25) is 0 Å². The maximum atomic E-state index is 10.5. The molecule has 0 fully saturated rings. The molecule has 0 aliphatic rings. The first-order valence-electron chi connectivity index (χ1n) is 4.02. The smallest absolute Gasteiger partial charge is 0.118 e. The predicted molar refractivity (Wildman–Crippen MR) is 46.3 cm³/mol. The fourth-order valence-electron chi connectivity index (χ4n) is 1.08. The Morgan fingerprint density at radius 3 is 2.62 bits per heavy atom. The van der Waals surface area contributed by atoms with Crippen LogP contribution in [-0.4, -0.2) is 11.1 Å². The van der Waals surface area contributed by atoms with Crippen molar-refractivity contribution in [2.45, 2.75) is 19.8 Å². The Hall–Kier alpha value is -1.51. The Morgan fingerprint density at radius 2 is 2.15 bits per heavy atom. The highest BCUT2D eigenvalue weighted by Crippen LogP contribution is 2.22. The van der Waals surface area contributed by atoms with Crippen molar-refractivity contribution in [1.29, 1.82) is 0 Å². The van der Waals surface area contributed by atoms with E-state index in [4.69, 9.17) is 0 Å². The van der Waals surface area contributed by atoms with E-state index in [0.717, 1.165) is 0 Å². The van der Waals surface area contributed by atoms with Crippen LogP contribution in [0.15, 0.2) is 18.2 Å². The molecule has 0 aromatic heterocycles. The Kier molecular flexibility index (Phi) is 2.56. The lowest BCUT2D eigenvalue weighted by Gasteiger charge is -2.13. The third-order valence-electron chi connectivity index (χ3n) is 2.07. The summed E-state index contributed by atoms with van der Waals surface area (Å²) in [6.07, 6.45) is 0. The predicted octanol–water partition coefficient (Wildman–Crippen LogP) is 0.554. The van der Waals surface area contributed by atoms with Crippen molar-refractivity contribution in [2.24, 2.45) is 0 Å². The van der Waals surface area contributed by atoms with Gasteiger partial charge in [-0.05, 0) is 24.1 Å². The molecule has 13 heavy (non-hydrogen) atoms. The molecule has 1 rings (SSSR count). The lowest BCUT2D eigenvalue weighted by Crippen LogP contribution is -2.27. The zero-order valence-electron chi connectivity index (χ0n) is 7.57. The lowest BCUT2D eigenvalue weighted by atomic mass is 9.99. The van der Waals surface area contributed by atoms with Crippen LogP contribution < -0.4 is 5.11 Å². The number of rotatable bonds is 2. The molecular formula is C10H11O3-. The number of benzene rings is 1. The number of carbonyl (C=O) groups excluding carboxylic acids is 1. The van der Waals surface area contributed by atoms with E-state index in [-0.39, 0.29) is 5.75 Å². The fraction of sp³-hybridized carbons (Fsp3) is 0.300. The van der Waals surface area contributed by atoms with Crippen LogP contribution in [0.4, 0.5) is 0 Å². The van der Waals surface area contributed by atoms with Gasteiger partial charge in [0, 0.05) is 11.9 Å². The Labute approximate surface area is 76.6 Å². The highest BCUT2D eigenvalue weighted by Gasteiger charge is 2.07. The summed E-state index contributed by atoms with van der Waals surface area (Å²) in [6.45, 7) is 3.28. The van der Waals surface area contributed by atoms with Crippen LogP contribution in [0, 0.1) is 6.92 Å². The molecule has 1 atom stereocenters. The standard InChI is InChI=1S/C10H12O3/c1-6-5-8(3-4-9(6)11)7(2)10(12)13/h3-5,7,11H,1-2H3,(H,12,13)/p-1. The van der Waals surface area contributed by atoms with Gasteiger partial charge in [-0.3, -0.25) is 0 Å². The van der Waals surface area contributed by atoms with Gasteiger partial charge in [-0.25, -0.2) is 0 Å². The highest BCUT2D eigenvalue weighted by molar-refractivity contribution is 5.73. The van der Waals surface area contributed by atoms with Crippen molar-refractivity contribution < 1.29 is 15.0 Å². The molecule has 0 saturated carbocycles. The average Bonchev–Trinajstić information content (AvgIpc) is 2.08. The van der Waals surface area contributed by atoms with Gasteiger partial charge >= 0.3 is 0 Å². The summed E-state index contributed by atoms with van der Waals surface area (Å²) >= 11 is 0. The quantitative estimate of drug-likeness (QED) is 0.721. The monoisotopic (exact) mass is 179 g/mol. The van der Waals surface area contributed by atoms with Crippen molar-refractivity contribution in [2.75, 3.05) is 0 Å². The number of phenols is 1. The summed E-state index contributed by atoms with van der Waals surface area (Å²) in [4.78, 5) is 10.5. The first-order chi connectivity index (χ1) is 6.02. The third-order valence-corrected chi connectivity index (χ3v) is 2.07. The third kappa shape index (κ3) is 1.99. The fourth-order valence-corrected chi connectivity index (χ4v) is 1.08. The molecule has 0 aliphatic heterocycles. The second-order valence-electron chi connectivity index (χ2n) is 3.09. The molecule has 0 saturated heterocycles. The van der Waals surface area contributed by atoms with E-state index in [0.29, 0.717) is 11.1 Å². The van der Waals surface area contributed by atoms with Crippen molar-refractivity contribution in [3.8, 4) is 5.75 Å². The molecule has 3 nitrogen and oxygen atoms in total. The van der Waals surface area contributed by atoms with E-state index in [2.05, 4.69) is 0 Å². The minimum atomic E-state index is -1.11. The second kappa shape index (κ2) is 3.47. The van der Waals surface area contributed by atoms with E-state index >= 15 is 0 Å². The van der Waals surface area contributed by atoms with Gasteiger partial charge in [0.25, 0.3) is 0 Å². The summed E-state index contributed by atoms with van der Waals surface area (Å²) in [5.74, 6) is -1.57. The molecule has 0 heterocycles. The molecule has 1 aromatic rings. The first kappa shape index (κ1) is 9.58. The van der Waals surface area contributed by atoms with E-state index in [1.54, 1.807) is 26.0 Å². The SMILES string of the molecule is Cc1cc(C(C)C(=O)[O-])ccc1O. The van der Waals surface area contributed by atoms with Gasteiger partial charge in [-0.15, -0.1) is 0 Å². The Morgan fingerprint density at radius 1 is 1.54 bits per heavy atom. The van der Waals surface area contributed by atoms with Crippen LogP contribution in [0.5, 0.6) is 5.75 Å². The van der Waals surface area contributed by atoms with Crippen LogP contribution in [0.25, 0.3) is 0 Å². The van der Waals surface area contributed by atoms with Gasteiger partial charge in [-0.2, -0.15) is 0 Å². The Bertz CT molecular complexity index is 331. The number of aliphatic carboxylic acids is 1. The number of phenolic OH excluding ortho intramolecular Hbond substituents is 1. The molecular weight excluding hydrogens is 168 g/mol. The Balaban J connectivity index is 3.03. The maximum absolute atomic E-state index is 10.5. The van der Waals surface area contributed by atoms with Gasteiger partial charge in [0.2, 0.25) is 0 Å². The molecule has 70 valence electrons. The van der Waals surface area contributed by atoms with E-state index in [1.165, 1.54) is 6.07 Å². The summed E-state index contributed by atoms with van der Waals surface area (Å²) in [6, 6.07) is 4.72. The van der Waals surface area contributed by atoms with E-state index < -0.39 is 11.9 Å². The zero-order chi connectivity index (χ0) is 10.0. The van der Waals surface area contributed by atoms with E-state index in [1.807, 2.05) is 0 Å².